The van der Waals surface area contributed by atoms with Crippen LogP contribution in [0.5, 0.6) is 5.75 Å². The number of unbranched alkanes of at least 4 members (excludes halogenated alkanes) is 2. The van der Waals surface area contributed by atoms with E-state index in [0.29, 0.717) is 12.1 Å². The summed E-state index contributed by atoms with van der Waals surface area (Å²) >= 11 is 0. The van der Waals surface area contributed by atoms with Gasteiger partial charge in [0.1, 0.15) is 0 Å². The summed E-state index contributed by atoms with van der Waals surface area (Å²) < 4.78 is 32.5. The molecule has 0 bridgehead atoms. The summed E-state index contributed by atoms with van der Waals surface area (Å²) in [5.74, 6) is -2.67. The van der Waals surface area contributed by atoms with Gasteiger partial charge < -0.3 is 15.8 Å². The normalized spacial score (nSPS) is 12.0. The maximum atomic E-state index is 13.7. The van der Waals surface area contributed by atoms with E-state index in [1.807, 2.05) is 0 Å². The number of hydrogen-bond acceptors (Lipinski definition) is 3. The van der Waals surface area contributed by atoms with E-state index in [0.717, 1.165) is 31.4 Å². The van der Waals surface area contributed by atoms with Crippen molar-refractivity contribution >= 4 is 5.91 Å². The Labute approximate surface area is 123 Å². The van der Waals surface area contributed by atoms with Gasteiger partial charge in [0.25, 0.3) is 5.91 Å². The third-order valence-electron chi connectivity index (χ3n) is 3.04. The van der Waals surface area contributed by atoms with Gasteiger partial charge in [0.2, 0.25) is 0 Å². The lowest BCUT2D eigenvalue weighted by molar-refractivity contribution is -0.127. The van der Waals surface area contributed by atoms with Crippen LogP contribution in [0.25, 0.3) is 0 Å². The van der Waals surface area contributed by atoms with E-state index in [1.165, 1.54) is 6.92 Å². The molecule has 0 aliphatic carbocycles. The van der Waals surface area contributed by atoms with Gasteiger partial charge >= 0.3 is 0 Å². The molecule has 1 rings (SSSR count). The van der Waals surface area contributed by atoms with Gasteiger partial charge in [-0.1, -0.05) is 19.8 Å². The van der Waals surface area contributed by atoms with E-state index in [4.69, 9.17) is 10.5 Å². The lowest BCUT2D eigenvalue weighted by atomic mass is 10.2. The number of benzene rings is 1. The van der Waals surface area contributed by atoms with Crippen LogP contribution in [0.2, 0.25) is 0 Å². The first-order valence-corrected chi connectivity index (χ1v) is 7.12. The van der Waals surface area contributed by atoms with Crippen molar-refractivity contribution in [3.05, 3.63) is 29.3 Å². The summed E-state index contributed by atoms with van der Waals surface area (Å²) in [6, 6.07) is 2.20. The quantitative estimate of drug-likeness (QED) is 0.725. The van der Waals surface area contributed by atoms with Crippen LogP contribution in [-0.2, 0) is 11.3 Å². The van der Waals surface area contributed by atoms with E-state index in [9.17, 15) is 13.6 Å². The summed E-state index contributed by atoms with van der Waals surface area (Å²) in [5, 5.41) is 2.67. The molecule has 0 aliphatic rings. The molecular weight excluding hydrogens is 278 g/mol. The van der Waals surface area contributed by atoms with Crippen molar-refractivity contribution in [2.75, 3.05) is 6.54 Å². The fraction of sp³-hybridized carbons (Fsp3) is 0.533. The average molecular weight is 300 g/mol. The Morgan fingerprint density at radius 3 is 2.48 bits per heavy atom. The van der Waals surface area contributed by atoms with Crippen LogP contribution in [0, 0.1) is 11.6 Å². The Balaban J connectivity index is 2.62. The second kappa shape index (κ2) is 8.56. The molecule has 3 N–H and O–H groups in total. The topological polar surface area (TPSA) is 64.3 Å². The number of carbonyl (C=O) groups excluding carboxylic acids is 1. The molecule has 6 heteroatoms. The molecule has 1 aromatic carbocycles. The molecule has 118 valence electrons. The molecule has 21 heavy (non-hydrogen) atoms. The molecule has 1 amide bonds. The first-order valence-electron chi connectivity index (χ1n) is 7.12. The van der Waals surface area contributed by atoms with Crippen LogP contribution in [0.15, 0.2) is 12.1 Å². The SMILES string of the molecule is CCCCCNC(=O)C(C)Oc1c(F)cc(CN)cc1F. The Hall–Kier alpha value is -1.69. The number of carbonyl (C=O) groups is 1. The number of amides is 1. The first-order chi connectivity index (χ1) is 9.99. The van der Waals surface area contributed by atoms with Crippen molar-refractivity contribution in [1.82, 2.24) is 5.32 Å². The third kappa shape index (κ3) is 5.30. The van der Waals surface area contributed by atoms with E-state index >= 15 is 0 Å². The van der Waals surface area contributed by atoms with Gasteiger partial charge in [-0.3, -0.25) is 4.79 Å². The predicted octanol–water partition coefficient (Wildman–Crippen LogP) is 2.50. The zero-order chi connectivity index (χ0) is 15.8. The Bertz CT molecular complexity index is 458. The number of halogens is 2. The van der Waals surface area contributed by atoms with Crippen LogP contribution in [0.3, 0.4) is 0 Å². The molecule has 0 aromatic heterocycles. The molecule has 1 atom stereocenters. The standard InChI is InChI=1S/C15H22F2N2O2/c1-3-4-5-6-19-15(20)10(2)21-14-12(16)7-11(9-18)8-13(14)17/h7-8,10H,3-6,9,18H2,1-2H3,(H,19,20). The molecule has 0 saturated carbocycles. The molecule has 0 heterocycles. The summed E-state index contributed by atoms with van der Waals surface area (Å²) in [4.78, 5) is 11.8. The lowest BCUT2D eigenvalue weighted by Gasteiger charge is -2.16. The Kier molecular flexibility index (Phi) is 7.08. The third-order valence-corrected chi connectivity index (χ3v) is 3.04. The van der Waals surface area contributed by atoms with Crippen molar-refractivity contribution in [3.8, 4) is 5.75 Å². The van der Waals surface area contributed by atoms with E-state index in [-0.39, 0.29) is 6.54 Å². The Morgan fingerprint density at radius 1 is 1.33 bits per heavy atom. The fourth-order valence-corrected chi connectivity index (χ4v) is 1.80. The highest BCUT2D eigenvalue weighted by Gasteiger charge is 2.19. The summed E-state index contributed by atoms with van der Waals surface area (Å²) in [6.07, 6.45) is 1.95. The molecule has 0 aliphatic heterocycles. The maximum Gasteiger partial charge on any atom is 0.260 e. The molecule has 0 fully saturated rings. The van der Waals surface area contributed by atoms with Gasteiger partial charge in [0, 0.05) is 13.1 Å². The van der Waals surface area contributed by atoms with Gasteiger partial charge in [-0.05, 0) is 31.0 Å². The van der Waals surface area contributed by atoms with E-state index in [2.05, 4.69) is 12.2 Å². The van der Waals surface area contributed by atoms with E-state index in [1.54, 1.807) is 0 Å². The highest BCUT2D eigenvalue weighted by Crippen LogP contribution is 2.24. The van der Waals surface area contributed by atoms with Crippen molar-refractivity contribution in [3.63, 3.8) is 0 Å². The molecule has 0 radical (unpaired) electrons. The highest BCUT2D eigenvalue weighted by molar-refractivity contribution is 5.80. The second-order valence-corrected chi connectivity index (χ2v) is 4.85. The number of hydrogen-bond donors (Lipinski definition) is 2. The predicted molar refractivity (Wildman–Crippen MR) is 76.9 cm³/mol. The van der Waals surface area contributed by atoms with Gasteiger partial charge in [-0.15, -0.1) is 0 Å². The smallest absolute Gasteiger partial charge is 0.260 e. The number of nitrogens with two attached hydrogens (primary N) is 1. The van der Waals surface area contributed by atoms with E-state index < -0.39 is 29.4 Å². The van der Waals surface area contributed by atoms with Crippen LogP contribution < -0.4 is 15.8 Å². The van der Waals surface area contributed by atoms with Crippen molar-refractivity contribution in [2.24, 2.45) is 5.73 Å². The van der Waals surface area contributed by atoms with Crippen LogP contribution in [0.4, 0.5) is 8.78 Å². The minimum atomic E-state index is -0.973. The molecule has 1 unspecified atom stereocenters. The lowest BCUT2D eigenvalue weighted by Crippen LogP contribution is -2.37. The molecule has 4 nitrogen and oxygen atoms in total. The molecule has 0 saturated heterocycles. The number of ether oxygens (including phenoxy) is 1. The highest BCUT2D eigenvalue weighted by atomic mass is 19.1. The van der Waals surface area contributed by atoms with Crippen LogP contribution in [-0.4, -0.2) is 18.6 Å². The fourth-order valence-electron chi connectivity index (χ4n) is 1.80. The zero-order valence-corrected chi connectivity index (χ0v) is 12.4. The molecule has 1 aromatic rings. The summed E-state index contributed by atoms with van der Waals surface area (Å²) in [6.45, 7) is 4.06. The van der Waals surface area contributed by atoms with Gasteiger partial charge in [-0.2, -0.15) is 0 Å². The van der Waals surface area contributed by atoms with Crippen LogP contribution >= 0.6 is 0 Å². The van der Waals surface area contributed by atoms with Gasteiger partial charge in [0.15, 0.2) is 23.5 Å². The summed E-state index contributed by atoms with van der Waals surface area (Å²) in [5.41, 5.74) is 5.66. The van der Waals surface area contributed by atoms with Crippen molar-refractivity contribution < 1.29 is 18.3 Å². The van der Waals surface area contributed by atoms with Gasteiger partial charge in [0.05, 0.1) is 0 Å². The zero-order valence-electron chi connectivity index (χ0n) is 12.4. The second-order valence-electron chi connectivity index (χ2n) is 4.85. The average Bonchev–Trinajstić information content (AvgIpc) is 2.46. The number of rotatable bonds is 8. The monoisotopic (exact) mass is 300 g/mol. The van der Waals surface area contributed by atoms with Gasteiger partial charge in [-0.25, -0.2) is 8.78 Å². The first kappa shape index (κ1) is 17.4. The minimum Gasteiger partial charge on any atom is -0.475 e. The Morgan fingerprint density at radius 2 is 1.95 bits per heavy atom. The summed E-state index contributed by atoms with van der Waals surface area (Å²) in [7, 11) is 0. The van der Waals surface area contributed by atoms with Crippen molar-refractivity contribution in [1.29, 1.82) is 0 Å². The van der Waals surface area contributed by atoms with Crippen LogP contribution in [0.1, 0.15) is 38.7 Å². The minimum absolute atomic E-state index is 0.0294. The largest absolute Gasteiger partial charge is 0.475 e. The molecule has 0 spiro atoms. The molecular formula is C15H22F2N2O2. The van der Waals surface area contributed by atoms with Crippen molar-refractivity contribution in [2.45, 2.75) is 45.8 Å². The maximum absolute atomic E-state index is 13.7. The number of nitrogens with one attached hydrogen (secondary N) is 1.